The van der Waals surface area contributed by atoms with Gasteiger partial charge in [0.25, 0.3) is 0 Å². The first-order chi connectivity index (χ1) is 8.13. The summed E-state index contributed by atoms with van der Waals surface area (Å²) in [5, 5.41) is 3.28. The van der Waals surface area contributed by atoms with Crippen LogP contribution in [-0.4, -0.2) is 25.6 Å². The molecule has 2 rings (SSSR count). The predicted molar refractivity (Wildman–Crippen MR) is 66.5 cm³/mol. The second-order valence-corrected chi connectivity index (χ2v) is 4.03. The first-order valence-electron chi connectivity index (χ1n) is 5.47. The number of imidazole rings is 1. The smallest absolute Gasteiger partial charge is 0.132 e. The highest BCUT2D eigenvalue weighted by molar-refractivity contribution is 5.44. The molecule has 6 nitrogen and oxygen atoms in total. The van der Waals surface area contributed by atoms with E-state index in [4.69, 9.17) is 5.73 Å². The van der Waals surface area contributed by atoms with Gasteiger partial charge in [-0.3, -0.25) is 0 Å². The Morgan fingerprint density at radius 2 is 2.29 bits per heavy atom. The van der Waals surface area contributed by atoms with Crippen molar-refractivity contribution in [2.75, 3.05) is 11.1 Å². The standard InChI is InChI=1S/C11H16N6/c1-8(6-17-4-3-13-7-17)14-11-5-10(12)15-9(2)16-11/h3-5,7-8H,6H2,1-2H3,(H3,12,14,15,16). The third-order valence-electron chi connectivity index (χ3n) is 2.30. The van der Waals surface area contributed by atoms with Crippen molar-refractivity contribution in [2.24, 2.45) is 0 Å². The summed E-state index contributed by atoms with van der Waals surface area (Å²) >= 11 is 0. The third kappa shape index (κ3) is 3.17. The number of rotatable bonds is 4. The van der Waals surface area contributed by atoms with Crippen molar-refractivity contribution in [1.29, 1.82) is 0 Å². The van der Waals surface area contributed by atoms with Gasteiger partial charge in [0, 0.05) is 31.0 Å². The minimum atomic E-state index is 0.234. The van der Waals surface area contributed by atoms with Crippen molar-refractivity contribution in [1.82, 2.24) is 19.5 Å². The minimum absolute atomic E-state index is 0.234. The van der Waals surface area contributed by atoms with Crippen LogP contribution in [0, 0.1) is 6.92 Å². The zero-order valence-electron chi connectivity index (χ0n) is 9.96. The highest BCUT2D eigenvalue weighted by atomic mass is 15.1. The van der Waals surface area contributed by atoms with Crippen LogP contribution in [0.5, 0.6) is 0 Å². The highest BCUT2D eigenvalue weighted by Crippen LogP contribution is 2.09. The topological polar surface area (TPSA) is 81.6 Å². The molecule has 0 aliphatic heterocycles. The Hall–Kier alpha value is -2.11. The van der Waals surface area contributed by atoms with Crippen LogP contribution in [-0.2, 0) is 6.54 Å². The molecule has 0 saturated carbocycles. The lowest BCUT2D eigenvalue weighted by Gasteiger charge is -2.15. The maximum Gasteiger partial charge on any atom is 0.132 e. The van der Waals surface area contributed by atoms with E-state index in [9.17, 15) is 0 Å². The van der Waals surface area contributed by atoms with Gasteiger partial charge in [-0.15, -0.1) is 0 Å². The Morgan fingerprint density at radius 1 is 1.47 bits per heavy atom. The zero-order valence-corrected chi connectivity index (χ0v) is 9.96. The molecule has 90 valence electrons. The van der Waals surface area contributed by atoms with E-state index in [1.165, 1.54) is 0 Å². The molecule has 0 radical (unpaired) electrons. The number of aromatic nitrogens is 4. The van der Waals surface area contributed by atoms with Gasteiger partial charge in [-0.25, -0.2) is 15.0 Å². The summed E-state index contributed by atoms with van der Waals surface area (Å²) in [4.78, 5) is 12.3. The van der Waals surface area contributed by atoms with E-state index in [-0.39, 0.29) is 6.04 Å². The summed E-state index contributed by atoms with van der Waals surface area (Å²) in [7, 11) is 0. The Labute approximate surface area is 99.9 Å². The molecule has 0 aliphatic carbocycles. The van der Waals surface area contributed by atoms with Gasteiger partial charge >= 0.3 is 0 Å². The normalized spacial score (nSPS) is 12.4. The second-order valence-electron chi connectivity index (χ2n) is 4.03. The maximum absolute atomic E-state index is 5.66. The number of hydrogen-bond acceptors (Lipinski definition) is 5. The van der Waals surface area contributed by atoms with Gasteiger partial charge in [0.2, 0.25) is 0 Å². The minimum Gasteiger partial charge on any atom is -0.384 e. The Morgan fingerprint density at radius 3 is 2.94 bits per heavy atom. The average Bonchev–Trinajstić information content (AvgIpc) is 2.67. The lowest BCUT2D eigenvalue weighted by atomic mass is 10.3. The van der Waals surface area contributed by atoms with Crippen LogP contribution in [0.4, 0.5) is 11.6 Å². The molecule has 0 saturated heterocycles. The van der Waals surface area contributed by atoms with Gasteiger partial charge in [0.1, 0.15) is 17.5 Å². The van der Waals surface area contributed by atoms with Gasteiger partial charge in [-0.2, -0.15) is 0 Å². The molecule has 0 aliphatic rings. The summed E-state index contributed by atoms with van der Waals surface area (Å²) in [5.41, 5.74) is 5.66. The van der Waals surface area contributed by atoms with E-state index in [1.807, 2.05) is 17.7 Å². The number of nitrogens with zero attached hydrogens (tertiary/aromatic N) is 4. The van der Waals surface area contributed by atoms with Crippen LogP contribution in [0.1, 0.15) is 12.7 Å². The summed E-state index contributed by atoms with van der Waals surface area (Å²) < 4.78 is 2.01. The van der Waals surface area contributed by atoms with E-state index in [0.717, 1.165) is 12.4 Å². The summed E-state index contributed by atoms with van der Waals surface area (Å²) in [6.45, 7) is 4.72. The van der Waals surface area contributed by atoms with E-state index < -0.39 is 0 Å². The number of nitrogens with one attached hydrogen (secondary N) is 1. The van der Waals surface area contributed by atoms with Gasteiger partial charge in [0.15, 0.2) is 0 Å². The predicted octanol–water partition coefficient (Wildman–Crippen LogP) is 1.06. The number of hydrogen-bond donors (Lipinski definition) is 2. The Bertz CT molecular complexity index is 458. The Balaban J connectivity index is 2.00. The molecule has 2 aromatic rings. The van der Waals surface area contributed by atoms with Crippen LogP contribution >= 0.6 is 0 Å². The van der Waals surface area contributed by atoms with E-state index in [1.54, 1.807) is 18.6 Å². The van der Waals surface area contributed by atoms with E-state index in [2.05, 4.69) is 27.2 Å². The first kappa shape index (κ1) is 11.4. The molecule has 3 N–H and O–H groups in total. The van der Waals surface area contributed by atoms with Crippen LogP contribution in [0.15, 0.2) is 24.8 Å². The second kappa shape index (κ2) is 4.82. The quantitative estimate of drug-likeness (QED) is 0.823. The average molecular weight is 232 g/mol. The number of nitrogens with two attached hydrogens (primary N) is 1. The van der Waals surface area contributed by atoms with Crippen LogP contribution in [0.2, 0.25) is 0 Å². The molecule has 2 aromatic heterocycles. The monoisotopic (exact) mass is 232 g/mol. The molecule has 0 aromatic carbocycles. The molecule has 1 atom stereocenters. The molecular formula is C11H16N6. The van der Waals surface area contributed by atoms with Crippen LogP contribution < -0.4 is 11.1 Å². The lowest BCUT2D eigenvalue weighted by molar-refractivity contribution is 0.616. The third-order valence-corrected chi connectivity index (χ3v) is 2.30. The molecule has 17 heavy (non-hydrogen) atoms. The molecule has 0 fully saturated rings. The number of aryl methyl sites for hydroxylation is 1. The largest absolute Gasteiger partial charge is 0.384 e. The van der Waals surface area contributed by atoms with Gasteiger partial charge in [-0.1, -0.05) is 0 Å². The van der Waals surface area contributed by atoms with Gasteiger partial charge in [-0.05, 0) is 13.8 Å². The van der Waals surface area contributed by atoms with Crippen molar-refractivity contribution in [3.63, 3.8) is 0 Å². The lowest BCUT2D eigenvalue weighted by Crippen LogP contribution is -2.22. The molecule has 0 amide bonds. The highest BCUT2D eigenvalue weighted by Gasteiger charge is 2.05. The molecular weight excluding hydrogens is 216 g/mol. The number of anilines is 2. The molecule has 0 bridgehead atoms. The van der Waals surface area contributed by atoms with Crippen molar-refractivity contribution in [2.45, 2.75) is 26.4 Å². The van der Waals surface area contributed by atoms with E-state index >= 15 is 0 Å². The van der Waals surface area contributed by atoms with Crippen molar-refractivity contribution in [3.8, 4) is 0 Å². The molecule has 1 unspecified atom stereocenters. The van der Waals surface area contributed by atoms with Gasteiger partial charge in [0.05, 0.1) is 6.33 Å². The fourth-order valence-corrected chi connectivity index (χ4v) is 1.67. The molecule has 6 heteroatoms. The summed E-state index contributed by atoms with van der Waals surface area (Å²) in [6, 6.07) is 1.97. The fraction of sp³-hybridized carbons (Fsp3) is 0.364. The molecule has 2 heterocycles. The summed E-state index contributed by atoms with van der Waals surface area (Å²) in [6.07, 6.45) is 5.48. The van der Waals surface area contributed by atoms with Crippen LogP contribution in [0.25, 0.3) is 0 Å². The number of nitrogen functional groups attached to an aromatic ring is 1. The maximum atomic E-state index is 5.66. The SMILES string of the molecule is Cc1nc(N)cc(NC(C)Cn2ccnc2)n1. The molecule has 0 spiro atoms. The zero-order chi connectivity index (χ0) is 12.3. The Kier molecular flexibility index (Phi) is 3.22. The fourth-order valence-electron chi connectivity index (χ4n) is 1.67. The van der Waals surface area contributed by atoms with E-state index in [0.29, 0.717) is 11.6 Å². The van der Waals surface area contributed by atoms with Crippen molar-refractivity contribution in [3.05, 3.63) is 30.6 Å². The van der Waals surface area contributed by atoms with Crippen LogP contribution in [0.3, 0.4) is 0 Å². The van der Waals surface area contributed by atoms with Crippen molar-refractivity contribution >= 4 is 11.6 Å². The summed E-state index contributed by atoms with van der Waals surface area (Å²) in [5.74, 6) is 1.90. The van der Waals surface area contributed by atoms with Gasteiger partial charge < -0.3 is 15.6 Å². The van der Waals surface area contributed by atoms with Crippen molar-refractivity contribution < 1.29 is 0 Å². The first-order valence-corrected chi connectivity index (χ1v) is 5.47.